The third kappa shape index (κ3) is 4.94. The molecule has 5 nitrogen and oxygen atoms in total. The van der Waals surface area contributed by atoms with Crippen molar-refractivity contribution in [1.29, 1.82) is 0 Å². The van der Waals surface area contributed by atoms with E-state index in [2.05, 4.69) is 29.3 Å². The number of carbonyl (C=O) groups excluding carboxylic acids is 1. The molecule has 2 aromatic carbocycles. The molecule has 0 bridgehead atoms. The third-order valence-corrected chi connectivity index (χ3v) is 4.99. The Morgan fingerprint density at radius 2 is 1.85 bits per heavy atom. The minimum absolute atomic E-state index is 0.0541. The molecule has 1 heterocycles. The van der Waals surface area contributed by atoms with Crippen LogP contribution in [0.4, 0.5) is 11.4 Å². The van der Waals surface area contributed by atoms with Crippen LogP contribution in [-0.2, 0) is 11.2 Å². The Kier molecular flexibility index (Phi) is 6.22. The van der Waals surface area contributed by atoms with Gasteiger partial charge in [0.25, 0.3) is 0 Å². The fourth-order valence-electron chi connectivity index (χ4n) is 3.56. The zero-order valence-corrected chi connectivity index (χ0v) is 16.3. The van der Waals surface area contributed by atoms with Crippen molar-refractivity contribution in [2.45, 2.75) is 26.2 Å². The van der Waals surface area contributed by atoms with Crippen LogP contribution in [-0.4, -0.2) is 33.2 Å². The maximum Gasteiger partial charge on any atom is 0.228 e. The number of carbonyl (C=O) groups is 1. The van der Waals surface area contributed by atoms with Gasteiger partial charge in [-0.25, -0.2) is 0 Å². The second-order valence-electron chi connectivity index (χ2n) is 7.15. The van der Waals surface area contributed by atoms with Crippen molar-refractivity contribution >= 4 is 17.3 Å². The number of hydrogen-bond acceptors (Lipinski definition) is 4. The molecule has 0 aliphatic carbocycles. The van der Waals surface area contributed by atoms with Crippen LogP contribution in [0.15, 0.2) is 42.5 Å². The molecule has 27 heavy (non-hydrogen) atoms. The molecule has 0 spiro atoms. The van der Waals surface area contributed by atoms with Crippen molar-refractivity contribution in [3.63, 3.8) is 0 Å². The summed E-state index contributed by atoms with van der Waals surface area (Å²) < 4.78 is 10.5. The molecule has 0 aromatic heterocycles. The molecule has 1 aliphatic rings. The second-order valence-corrected chi connectivity index (χ2v) is 7.15. The molecule has 0 radical (unpaired) electrons. The molecular formula is C22H28N2O3. The topological polar surface area (TPSA) is 50.8 Å². The van der Waals surface area contributed by atoms with Gasteiger partial charge >= 0.3 is 0 Å². The molecule has 3 rings (SSSR count). The van der Waals surface area contributed by atoms with Crippen LogP contribution in [0, 0.1) is 5.92 Å². The van der Waals surface area contributed by atoms with Crippen molar-refractivity contribution in [3.8, 4) is 11.5 Å². The van der Waals surface area contributed by atoms with Crippen LogP contribution < -0.4 is 19.7 Å². The van der Waals surface area contributed by atoms with Gasteiger partial charge < -0.3 is 19.7 Å². The number of hydrogen-bond donors (Lipinski definition) is 1. The van der Waals surface area contributed by atoms with E-state index >= 15 is 0 Å². The normalized spacial score (nSPS) is 16.7. The van der Waals surface area contributed by atoms with Gasteiger partial charge in [-0.15, -0.1) is 0 Å². The van der Waals surface area contributed by atoms with E-state index in [1.54, 1.807) is 14.2 Å². The number of ether oxygens (including phenoxy) is 2. The Bertz CT molecular complexity index is 774. The van der Waals surface area contributed by atoms with Crippen LogP contribution in [0.5, 0.6) is 11.5 Å². The predicted octanol–water partition coefficient (Wildman–Crippen LogP) is 4.12. The summed E-state index contributed by atoms with van der Waals surface area (Å²) in [7, 11) is 3.19. The van der Waals surface area contributed by atoms with Crippen molar-refractivity contribution in [2.75, 3.05) is 37.5 Å². The summed E-state index contributed by atoms with van der Waals surface area (Å²) in [5.41, 5.74) is 2.91. The highest BCUT2D eigenvalue weighted by atomic mass is 16.5. The summed E-state index contributed by atoms with van der Waals surface area (Å²) in [6, 6.07) is 13.6. The quantitative estimate of drug-likeness (QED) is 0.833. The molecule has 5 heteroatoms. The molecule has 1 unspecified atom stereocenters. The van der Waals surface area contributed by atoms with Gasteiger partial charge in [0.15, 0.2) is 11.5 Å². The highest BCUT2D eigenvalue weighted by Gasteiger charge is 2.16. The van der Waals surface area contributed by atoms with E-state index in [1.165, 1.54) is 18.5 Å². The first-order chi connectivity index (χ1) is 13.1. The average molecular weight is 368 g/mol. The molecule has 1 saturated heterocycles. The zero-order valence-electron chi connectivity index (χ0n) is 16.3. The first-order valence-electron chi connectivity index (χ1n) is 9.45. The number of amides is 1. The number of piperidine rings is 1. The van der Waals surface area contributed by atoms with Crippen LogP contribution in [0.1, 0.15) is 25.3 Å². The minimum Gasteiger partial charge on any atom is -0.493 e. The maximum atomic E-state index is 12.4. The van der Waals surface area contributed by atoms with Gasteiger partial charge in [-0.1, -0.05) is 13.0 Å². The van der Waals surface area contributed by atoms with Gasteiger partial charge in [0.1, 0.15) is 0 Å². The smallest absolute Gasteiger partial charge is 0.228 e. The molecule has 1 fully saturated rings. The van der Waals surface area contributed by atoms with Gasteiger partial charge in [-0.3, -0.25) is 4.79 Å². The SMILES string of the molecule is COc1ccc(CC(=O)Nc2ccc(N3CCCC(C)C3)cc2)cc1OC. The Morgan fingerprint density at radius 1 is 1.11 bits per heavy atom. The lowest BCUT2D eigenvalue weighted by atomic mass is 10.00. The predicted molar refractivity (Wildman–Crippen MR) is 109 cm³/mol. The summed E-state index contributed by atoms with van der Waals surface area (Å²) in [5.74, 6) is 1.97. The second kappa shape index (κ2) is 8.80. The number of benzene rings is 2. The summed E-state index contributed by atoms with van der Waals surface area (Å²) in [6.45, 7) is 4.51. The molecule has 1 atom stereocenters. The lowest BCUT2D eigenvalue weighted by molar-refractivity contribution is -0.115. The highest BCUT2D eigenvalue weighted by molar-refractivity contribution is 5.92. The third-order valence-electron chi connectivity index (χ3n) is 4.99. The monoisotopic (exact) mass is 368 g/mol. The fourth-order valence-corrected chi connectivity index (χ4v) is 3.56. The van der Waals surface area contributed by atoms with E-state index in [-0.39, 0.29) is 12.3 Å². The number of anilines is 2. The van der Waals surface area contributed by atoms with E-state index in [1.807, 2.05) is 30.3 Å². The van der Waals surface area contributed by atoms with E-state index in [0.717, 1.165) is 30.3 Å². The lowest BCUT2D eigenvalue weighted by Crippen LogP contribution is -2.34. The van der Waals surface area contributed by atoms with Crippen LogP contribution in [0.2, 0.25) is 0 Å². The van der Waals surface area contributed by atoms with Crippen LogP contribution in [0.25, 0.3) is 0 Å². The molecule has 0 saturated carbocycles. The number of nitrogens with zero attached hydrogens (tertiary/aromatic N) is 1. The molecule has 1 N–H and O–H groups in total. The number of nitrogens with one attached hydrogen (secondary N) is 1. The van der Waals surface area contributed by atoms with Crippen molar-refractivity contribution in [3.05, 3.63) is 48.0 Å². The van der Waals surface area contributed by atoms with Gasteiger partial charge in [-0.2, -0.15) is 0 Å². The maximum absolute atomic E-state index is 12.4. The minimum atomic E-state index is -0.0541. The summed E-state index contributed by atoms with van der Waals surface area (Å²) in [6.07, 6.45) is 2.83. The van der Waals surface area contributed by atoms with E-state index < -0.39 is 0 Å². The van der Waals surface area contributed by atoms with Gasteiger partial charge in [0.05, 0.1) is 20.6 Å². The van der Waals surface area contributed by atoms with Crippen LogP contribution >= 0.6 is 0 Å². The van der Waals surface area contributed by atoms with E-state index in [0.29, 0.717) is 11.5 Å². The zero-order chi connectivity index (χ0) is 19.2. The summed E-state index contributed by atoms with van der Waals surface area (Å²) in [4.78, 5) is 14.8. The first kappa shape index (κ1) is 19.1. The van der Waals surface area contributed by atoms with Gasteiger partial charge in [0, 0.05) is 24.5 Å². The number of rotatable bonds is 6. The average Bonchev–Trinajstić information content (AvgIpc) is 2.68. The molecule has 2 aromatic rings. The molecule has 1 aliphatic heterocycles. The Hall–Kier alpha value is -2.69. The van der Waals surface area contributed by atoms with Gasteiger partial charge in [-0.05, 0) is 60.7 Å². The standard InChI is InChI=1S/C22H28N2O3/c1-16-5-4-12-24(15-16)19-9-7-18(8-10-19)23-22(25)14-17-6-11-20(26-2)21(13-17)27-3/h6-11,13,16H,4-5,12,14-15H2,1-3H3,(H,23,25). The van der Waals surface area contributed by atoms with Gasteiger partial charge in [0.2, 0.25) is 5.91 Å². The summed E-state index contributed by atoms with van der Waals surface area (Å²) >= 11 is 0. The van der Waals surface area contributed by atoms with E-state index in [4.69, 9.17) is 9.47 Å². The van der Waals surface area contributed by atoms with Crippen LogP contribution in [0.3, 0.4) is 0 Å². The Labute approximate surface area is 161 Å². The Balaban J connectivity index is 1.59. The Morgan fingerprint density at radius 3 is 2.52 bits per heavy atom. The highest BCUT2D eigenvalue weighted by Crippen LogP contribution is 2.28. The van der Waals surface area contributed by atoms with Crippen molar-refractivity contribution in [2.24, 2.45) is 5.92 Å². The first-order valence-corrected chi connectivity index (χ1v) is 9.45. The van der Waals surface area contributed by atoms with E-state index in [9.17, 15) is 4.79 Å². The molecule has 144 valence electrons. The molecular weight excluding hydrogens is 340 g/mol. The largest absolute Gasteiger partial charge is 0.493 e. The van der Waals surface area contributed by atoms with Crippen molar-refractivity contribution < 1.29 is 14.3 Å². The fraction of sp³-hybridized carbons (Fsp3) is 0.409. The lowest BCUT2D eigenvalue weighted by Gasteiger charge is -2.32. The summed E-state index contributed by atoms with van der Waals surface area (Å²) in [5, 5.41) is 2.97. The number of methoxy groups -OCH3 is 2. The molecule has 1 amide bonds. The van der Waals surface area contributed by atoms with Crippen molar-refractivity contribution in [1.82, 2.24) is 0 Å².